The van der Waals surface area contributed by atoms with Crippen molar-refractivity contribution in [1.82, 2.24) is 9.80 Å². The molecular formula is C16H25N3. The van der Waals surface area contributed by atoms with Crippen LogP contribution in [0.25, 0.3) is 0 Å². The van der Waals surface area contributed by atoms with Gasteiger partial charge in [0.15, 0.2) is 0 Å². The van der Waals surface area contributed by atoms with Gasteiger partial charge in [-0.15, -0.1) is 0 Å². The molecule has 3 heteroatoms. The third kappa shape index (κ3) is 3.10. The molecule has 0 aromatic heterocycles. The van der Waals surface area contributed by atoms with Gasteiger partial charge in [-0.25, -0.2) is 0 Å². The molecule has 0 saturated carbocycles. The molecule has 104 valence electrons. The number of piperidine rings is 1. The molecule has 3 nitrogen and oxygen atoms in total. The molecule has 1 saturated heterocycles. The van der Waals surface area contributed by atoms with Gasteiger partial charge in [0.25, 0.3) is 0 Å². The predicted molar refractivity (Wildman–Crippen MR) is 80.1 cm³/mol. The van der Waals surface area contributed by atoms with Crippen molar-refractivity contribution in [1.29, 1.82) is 0 Å². The van der Waals surface area contributed by atoms with Crippen LogP contribution in [0.5, 0.6) is 0 Å². The van der Waals surface area contributed by atoms with Crippen LogP contribution in [-0.4, -0.2) is 42.5 Å². The topological polar surface area (TPSA) is 32.5 Å². The Morgan fingerprint density at radius 3 is 2.58 bits per heavy atom. The monoisotopic (exact) mass is 259 g/mol. The molecule has 1 aromatic carbocycles. The van der Waals surface area contributed by atoms with Crippen molar-refractivity contribution in [2.45, 2.75) is 32.2 Å². The van der Waals surface area contributed by atoms with E-state index in [0.717, 1.165) is 25.2 Å². The van der Waals surface area contributed by atoms with Gasteiger partial charge in [-0.2, -0.15) is 0 Å². The summed E-state index contributed by atoms with van der Waals surface area (Å²) in [6, 6.07) is 6.35. The van der Waals surface area contributed by atoms with Gasteiger partial charge in [0.1, 0.15) is 0 Å². The van der Waals surface area contributed by atoms with E-state index >= 15 is 0 Å². The van der Waals surface area contributed by atoms with E-state index in [1.807, 2.05) is 6.07 Å². The lowest BCUT2D eigenvalue weighted by molar-refractivity contribution is 0.174. The van der Waals surface area contributed by atoms with E-state index in [2.05, 4.69) is 21.9 Å². The molecule has 0 aliphatic carbocycles. The number of nitrogens with two attached hydrogens (primary N) is 1. The molecule has 0 unspecified atom stereocenters. The predicted octanol–water partition coefficient (Wildman–Crippen LogP) is 2.11. The Morgan fingerprint density at radius 2 is 1.74 bits per heavy atom. The quantitative estimate of drug-likeness (QED) is 0.844. The third-order valence-electron chi connectivity index (χ3n) is 4.56. The molecule has 19 heavy (non-hydrogen) atoms. The Morgan fingerprint density at radius 1 is 0.947 bits per heavy atom. The highest BCUT2D eigenvalue weighted by Crippen LogP contribution is 2.23. The number of fused-ring (bicyclic) bond motifs is 1. The summed E-state index contributed by atoms with van der Waals surface area (Å²) >= 11 is 0. The summed E-state index contributed by atoms with van der Waals surface area (Å²) in [7, 11) is 0. The lowest BCUT2D eigenvalue weighted by Crippen LogP contribution is -2.40. The lowest BCUT2D eigenvalue weighted by Gasteiger charge is -2.33. The van der Waals surface area contributed by atoms with E-state index in [9.17, 15) is 0 Å². The molecule has 2 heterocycles. The maximum absolute atomic E-state index is 6.05. The number of nitrogen functional groups attached to an aromatic ring is 1. The first-order valence-corrected chi connectivity index (χ1v) is 7.64. The normalized spacial score (nSPS) is 21.3. The SMILES string of the molecule is Nc1cccc2c1CCN(CCN1CCCCC1)C2. The van der Waals surface area contributed by atoms with Gasteiger partial charge in [-0.05, 0) is 49.5 Å². The van der Waals surface area contributed by atoms with Crippen molar-refractivity contribution in [3.05, 3.63) is 29.3 Å². The smallest absolute Gasteiger partial charge is 0.0350 e. The highest BCUT2D eigenvalue weighted by atomic mass is 15.2. The van der Waals surface area contributed by atoms with Gasteiger partial charge in [-0.3, -0.25) is 4.90 Å². The fourth-order valence-corrected chi connectivity index (χ4v) is 3.35. The summed E-state index contributed by atoms with van der Waals surface area (Å²) in [4.78, 5) is 5.20. The molecule has 0 bridgehead atoms. The van der Waals surface area contributed by atoms with E-state index in [4.69, 9.17) is 5.73 Å². The fraction of sp³-hybridized carbons (Fsp3) is 0.625. The molecule has 2 N–H and O–H groups in total. The molecule has 0 atom stereocenters. The van der Waals surface area contributed by atoms with Gasteiger partial charge in [-0.1, -0.05) is 18.6 Å². The van der Waals surface area contributed by atoms with Crippen LogP contribution < -0.4 is 5.73 Å². The summed E-state index contributed by atoms with van der Waals surface area (Å²) in [5, 5.41) is 0. The van der Waals surface area contributed by atoms with Crippen LogP contribution in [0.3, 0.4) is 0 Å². The van der Waals surface area contributed by atoms with Crippen molar-refractivity contribution >= 4 is 5.69 Å². The van der Waals surface area contributed by atoms with Crippen LogP contribution >= 0.6 is 0 Å². The minimum atomic E-state index is 0.980. The molecule has 1 fully saturated rings. The highest BCUT2D eigenvalue weighted by molar-refractivity contribution is 5.51. The first kappa shape index (κ1) is 12.9. The minimum absolute atomic E-state index is 0.980. The zero-order valence-corrected chi connectivity index (χ0v) is 11.8. The Balaban J connectivity index is 1.54. The molecule has 0 amide bonds. The van der Waals surface area contributed by atoms with Crippen LogP contribution in [0.1, 0.15) is 30.4 Å². The van der Waals surface area contributed by atoms with E-state index in [1.54, 1.807) is 0 Å². The number of likely N-dealkylation sites (tertiary alicyclic amines) is 1. The summed E-state index contributed by atoms with van der Waals surface area (Å²) < 4.78 is 0. The van der Waals surface area contributed by atoms with Gasteiger partial charge in [0.2, 0.25) is 0 Å². The Hall–Kier alpha value is -1.06. The number of rotatable bonds is 3. The molecule has 2 aliphatic heterocycles. The van der Waals surface area contributed by atoms with Gasteiger partial charge >= 0.3 is 0 Å². The average molecular weight is 259 g/mol. The summed E-state index contributed by atoms with van der Waals surface area (Å²) in [5.41, 5.74) is 9.85. The lowest BCUT2D eigenvalue weighted by atomic mass is 9.98. The third-order valence-corrected chi connectivity index (χ3v) is 4.56. The second-order valence-corrected chi connectivity index (χ2v) is 5.91. The number of nitrogens with zero attached hydrogens (tertiary/aromatic N) is 2. The van der Waals surface area contributed by atoms with Crippen LogP contribution in [0.2, 0.25) is 0 Å². The number of hydrogen-bond donors (Lipinski definition) is 1. The highest BCUT2D eigenvalue weighted by Gasteiger charge is 2.18. The van der Waals surface area contributed by atoms with Crippen LogP contribution in [0.15, 0.2) is 18.2 Å². The van der Waals surface area contributed by atoms with Crippen molar-refractivity contribution in [2.75, 3.05) is 38.5 Å². The second-order valence-electron chi connectivity index (χ2n) is 5.91. The molecule has 2 aliphatic rings. The zero-order chi connectivity index (χ0) is 13.1. The molecule has 3 rings (SSSR count). The van der Waals surface area contributed by atoms with E-state index in [0.29, 0.717) is 0 Å². The molecule has 1 aromatic rings. The van der Waals surface area contributed by atoms with Crippen LogP contribution in [0, 0.1) is 0 Å². The van der Waals surface area contributed by atoms with Crippen molar-refractivity contribution in [3.63, 3.8) is 0 Å². The standard InChI is InChI=1S/C16H25N3/c17-16-6-4-5-14-13-19(10-7-15(14)16)12-11-18-8-2-1-3-9-18/h4-6H,1-3,7-13,17H2. The second kappa shape index (κ2) is 5.93. The maximum atomic E-state index is 6.05. The molecular weight excluding hydrogens is 234 g/mol. The van der Waals surface area contributed by atoms with Gasteiger partial charge < -0.3 is 10.6 Å². The minimum Gasteiger partial charge on any atom is -0.398 e. The summed E-state index contributed by atoms with van der Waals surface area (Å²) in [5.74, 6) is 0. The van der Waals surface area contributed by atoms with Gasteiger partial charge in [0.05, 0.1) is 0 Å². The van der Waals surface area contributed by atoms with Gasteiger partial charge in [0, 0.05) is 31.9 Å². The average Bonchev–Trinajstić information content (AvgIpc) is 2.46. The largest absolute Gasteiger partial charge is 0.398 e. The number of anilines is 1. The van der Waals surface area contributed by atoms with Crippen LogP contribution in [0.4, 0.5) is 5.69 Å². The molecule has 0 spiro atoms. The fourth-order valence-electron chi connectivity index (χ4n) is 3.35. The first-order chi connectivity index (χ1) is 9.33. The maximum Gasteiger partial charge on any atom is 0.0350 e. The van der Waals surface area contributed by atoms with Crippen molar-refractivity contribution < 1.29 is 0 Å². The zero-order valence-electron chi connectivity index (χ0n) is 11.8. The number of hydrogen-bond acceptors (Lipinski definition) is 3. The first-order valence-electron chi connectivity index (χ1n) is 7.64. The van der Waals surface area contributed by atoms with E-state index < -0.39 is 0 Å². The molecule has 0 radical (unpaired) electrons. The number of benzene rings is 1. The van der Waals surface area contributed by atoms with E-state index in [1.165, 1.54) is 56.6 Å². The summed E-state index contributed by atoms with van der Waals surface area (Å²) in [6.07, 6.45) is 5.31. The van der Waals surface area contributed by atoms with Crippen molar-refractivity contribution in [2.24, 2.45) is 0 Å². The Kier molecular flexibility index (Phi) is 4.04. The van der Waals surface area contributed by atoms with E-state index in [-0.39, 0.29) is 0 Å². The summed E-state index contributed by atoms with van der Waals surface area (Å²) in [6.45, 7) is 7.28. The van der Waals surface area contributed by atoms with Crippen molar-refractivity contribution in [3.8, 4) is 0 Å². The van der Waals surface area contributed by atoms with Crippen LogP contribution in [-0.2, 0) is 13.0 Å². The Bertz CT molecular complexity index is 424. The Labute approximate surface area is 116 Å².